The molecule has 108 valence electrons. The summed E-state index contributed by atoms with van der Waals surface area (Å²) in [6.45, 7) is 0.776. The van der Waals surface area contributed by atoms with E-state index in [2.05, 4.69) is 25.9 Å². The van der Waals surface area contributed by atoms with Crippen LogP contribution in [0.1, 0.15) is 32.1 Å². The number of hydrogen-bond donors (Lipinski definition) is 1. The van der Waals surface area contributed by atoms with E-state index in [1.54, 1.807) is 7.05 Å². The molecule has 20 heavy (non-hydrogen) atoms. The highest BCUT2D eigenvalue weighted by Gasteiger charge is 2.20. The van der Waals surface area contributed by atoms with Gasteiger partial charge in [0.05, 0.1) is 0 Å². The molecule has 2 aromatic rings. The minimum absolute atomic E-state index is 0.364. The molecule has 0 bridgehead atoms. The molecule has 0 radical (unpaired) electrons. The molecule has 0 spiro atoms. The fourth-order valence-corrected chi connectivity index (χ4v) is 3.49. The van der Waals surface area contributed by atoms with Gasteiger partial charge in [-0.05, 0) is 34.7 Å². The summed E-state index contributed by atoms with van der Waals surface area (Å²) in [5.74, 6) is 0.578. The lowest BCUT2D eigenvalue weighted by atomic mass is 9.89. The molecule has 0 aliphatic heterocycles. The monoisotopic (exact) mass is 340 g/mol. The van der Waals surface area contributed by atoms with Crippen molar-refractivity contribution in [1.29, 1.82) is 0 Å². The number of rotatable bonds is 2. The molecule has 0 aromatic carbocycles. The van der Waals surface area contributed by atoms with Gasteiger partial charge in [-0.1, -0.05) is 19.3 Å². The molecule has 0 saturated heterocycles. The zero-order valence-electron chi connectivity index (χ0n) is 11.4. The van der Waals surface area contributed by atoms with E-state index in [9.17, 15) is 9.59 Å². The number of hydrogen-bond acceptors (Lipinski definition) is 3. The van der Waals surface area contributed by atoms with E-state index in [0.29, 0.717) is 21.8 Å². The second kappa shape index (κ2) is 5.20. The minimum Gasteiger partial charge on any atom is -0.312 e. The average molecular weight is 341 g/mol. The van der Waals surface area contributed by atoms with E-state index in [-0.39, 0.29) is 5.56 Å². The molecule has 0 unspecified atom stereocenters. The van der Waals surface area contributed by atoms with Gasteiger partial charge < -0.3 is 4.57 Å². The highest BCUT2D eigenvalue weighted by molar-refractivity contribution is 9.10. The van der Waals surface area contributed by atoms with Crippen molar-refractivity contribution >= 4 is 27.1 Å². The van der Waals surface area contributed by atoms with Gasteiger partial charge in [-0.25, -0.2) is 9.78 Å². The van der Waals surface area contributed by atoms with Crippen LogP contribution >= 0.6 is 15.9 Å². The number of aryl methyl sites for hydroxylation is 1. The molecule has 1 aliphatic carbocycles. The van der Waals surface area contributed by atoms with Crippen LogP contribution in [0, 0.1) is 5.92 Å². The molecule has 1 fully saturated rings. The van der Waals surface area contributed by atoms with Crippen molar-refractivity contribution < 1.29 is 0 Å². The van der Waals surface area contributed by atoms with Crippen LogP contribution in [0.2, 0.25) is 0 Å². The molecule has 6 nitrogen and oxygen atoms in total. The number of aromatic nitrogens is 4. The maximum atomic E-state index is 12.1. The standard InChI is InChI=1S/C13H17BrN4O2/c1-17-10-9(11(19)16-13(17)20)18(12(14)15-10)7-8-5-3-2-4-6-8/h8H,2-7H2,1H3,(H,16,19,20). The lowest BCUT2D eigenvalue weighted by molar-refractivity contribution is 0.320. The summed E-state index contributed by atoms with van der Waals surface area (Å²) in [5, 5.41) is 0. The number of aromatic amines is 1. The smallest absolute Gasteiger partial charge is 0.312 e. The maximum absolute atomic E-state index is 12.1. The summed E-state index contributed by atoms with van der Waals surface area (Å²) in [6, 6.07) is 0. The van der Waals surface area contributed by atoms with Gasteiger partial charge >= 0.3 is 5.69 Å². The zero-order valence-corrected chi connectivity index (χ0v) is 12.9. The number of fused-ring (bicyclic) bond motifs is 1. The van der Waals surface area contributed by atoms with Crippen LogP contribution in [-0.2, 0) is 13.6 Å². The Balaban J connectivity index is 2.11. The van der Waals surface area contributed by atoms with Gasteiger partial charge in [0.25, 0.3) is 5.56 Å². The number of H-pyrrole nitrogens is 1. The van der Waals surface area contributed by atoms with Crippen LogP contribution in [0.3, 0.4) is 0 Å². The Bertz CT molecular complexity index is 752. The summed E-state index contributed by atoms with van der Waals surface area (Å²) < 4.78 is 3.88. The van der Waals surface area contributed by atoms with Crippen molar-refractivity contribution in [3.63, 3.8) is 0 Å². The van der Waals surface area contributed by atoms with Crippen molar-refractivity contribution in [2.75, 3.05) is 0 Å². The second-order valence-electron chi connectivity index (χ2n) is 5.49. The number of nitrogens with zero attached hydrogens (tertiary/aromatic N) is 3. The molecular weight excluding hydrogens is 324 g/mol. The first kappa shape index (κ1) is 13.6. The lowest BCUT2D eigenvalue weighted by Gasteiger charge is -2.22. The number of nitrogens with one attached hydrogen (secondary N) is 1. The van der Waals surface area contributed by atoms with Crippen LogP contribution in [0.15, 0.2) is 14.3 Å². The van der Waals surface area contributed by atoms with Crippen molar-refractivity contribution in [2.45, 2.75) is 38.6 Å². The summed E-state index contributed by atoms with van der Waals surface area (Å²) in [4.78, 5) is 30.3. The summed E-state index contributed by atoms with van der Waals surface area (Å²) in [6.07, 6.45) is 6.19. The van der Waals surface area contributed by atoms with Gasteiger partial charge in [-0.15, -0.1) is 0 Å². The molecule has 1 aliphatic rings. The fraction of sp³-hybridized carbons (Fsp3) is 0.615. The van der Waals surface area contributed by atoms with E-state index < -0.39 is 5.69 Å². The van der Waals surface area contributed by atoms with Gasteiger partial charge in [0, 0.05) is 13.6 Å². The number of halogens is 1. The van der Waals surface area contributed by atoms with Crippen molar-refractivity contribution in [2.24, 2.45) is 13.0 Å². The summed E-state index contributed by atoms with van der Waals surface area (Å²) >= 11 is 3.41. The normalized spacial score (nSPS) is 16.9. The van der Waals surface area contributed by atoms with E-state index in [1.165, 1.54) is 36.7 Å². The highest BCUT2D eigenvalue weighted by atomic mass is 79.9. The Morgan fingerprint density at radius 2 is 2.00 bits per heavy atom. The Labute approximate surface area is 124 Å². The predicted octanol–water partition coefficient (Wildman–Crippen LogP) is 1.77. The Morgan fingerprint density at radius 1 is 1.30 bits per heavy atom. The third kappa shape index (κ3) is 2.24. The molecule has 3 rings (SSSR count). The van der Waals surface area contributed by atoms with Crippen LogP contribution < -0.4 is 11.2 Å². The zero-order chi connectivity index (χ0) is 14.3. The minimum atomic E-state index is -0.433. The van der Waals surface area contributed by atoms with Crippen LogP contribution in [0.4, 0.5) is 0 Å². The third-order valence-corrected chi connectivity index (χ3v) is 4.73. The first-order valence-corrected chi connectivity index (χ1v) is 7.72. The van der Waals surface area contributed by atoms with E-state index >= 15 is 0 Å². The SMILES string of the molecule is Cn1c(=O)[nH]c(=O)c2c1nc(Br)n2CC1CCCCC1. The highest BCUT2D eigenvalue weighted by Crippen LogP contribution is 2.27. The largest absolute Gasteiger partial charge is 0.329 e. The van der Waals surface area contributed by atoms with Gasteiger partial charge in [0.2, 0.25) is 0 Å². The van der Waals surface area contributed by atoms with Gasteiger partial charge in [-0.2, -0.15) is 0 Å². The Kier molecular flexibility index (Phi) is 3.54. The quantitative estimate of drug-likeness (QED) is 0.846. The van der Waals surface area contributed by atoms with E-state index in [0.717, 1.165) is 6.54 Å². The third-order valence-electron chi connectivity index (χ3n) is 4.13. The van der Waals surface area contributed by atoms with E-state index in [4.69, 9.17) is 0 Å². The average Bonchev–Trinajstić information content (AvgIpc) is 2.75. The Hall–Kier alpha value is -1.37. The van der Waals surface area contributed by atoms with Gasteiger partial charge in [0.15, 0.2) is 15.9 Å². The molecule has 7 heteroatoms. The molecule has 1 N–H and O–H groups in total. The maximum Gasteiger partial charge on any atom is 0.329 e. The van der Waals surface area contributed by atoms with Crippen molar-refractivity contribution in [1.82, 2.24) is 19.1 Å². The summed E-state index contributed by atoms with van der Waals surface area (Å²) in [5.41, 5.74) is 0.111. The molecule has 1 saturated carbocycles. The molecular formula is C13H17BrN4O2. The first-order chi connectivity index (χ1) is 9.58. The van der Waals surface area contributed by atoms with Crippen molar-refractivity contribution in [3.05, 3.63) is 25.6 Å². The lowest BCUT2D eigenvalue weighted by Crippen LogP contribution is -2.29. The second-order valence-corrected chi connectivity index (χ2v) is 6.20. The predicted molar refractivity (Wildman–Crippen MR) is 79.9 cm³/mol. The van der Waals surface area contributed by atoms with Gasteiger partial charge in [-0.3, -0.25) is 14.3 Å². The molecule has 0 amide bonds. The molecule has 2 aromatic heterocycles. The fourth-order valence-electron chi connectivity index (χ4n) is 3.00. The van der Waals surface area contributed by atoms with Crippen LogP contribution in [0.25, 0.3) is 11.2 Å². The molecule has 0 atom stereocenters. The topological polar surface area (TPSA) is 72.7 Å². The Morgan fingerprint density at radius 3 is 2.70 bits per heavy atom. The number of imidazole rings is 1. The van der Waals surface area contributed by atoms with Crippen LogP contribution in [-0.4, -0.2) is 19.1 Å². The van der Waals surface area contributed by atoms with Crippen molar-refractivity contribution in [3.8, 4) is 0 Å². The molecule has 2 heterocycles. The summed E-state index contributed by atoms with van der Waals surface area (Å²) in [7, 11) is 1.62. The van der Waals surface area contributed by atoms with Crippen LogP contribution in [0.5, 0.6) is 0 Å². The van der Waals surface area contributed by atoms with E-state index in [1.807, 2.05) is 4.57 Å². The first-order valence-electron chi connectivity index (χ1n) is 6.93. The van der Waals surface area contributed by atoms with Gasteiger partial charge in [0.1, 0.15) is 0 Å².